The van der Waals surface area contributed by atoms with Crippen molar-refractivity contribution >= 4 is 28.8 Å². The molecular formula is C25H32N4O5S. The number of methoxy groups -OCH3 is 2. The Morgan fingerprint density at radius 2 is 1.94 bits per heavy atom. The molecule has 0 spiro atoms. The number of amidine groups is 1. The van der Waals surface area contributed by atoms with E-state index in [1.165, 1.54) is 18.9 Å². The van der Waals surface area contributed by atoms with Crippen molar-refractivity contribution in [2.45, 2.75) is 25.8 Å². The van der Waals surface area contributed by atoms with Crippen LogP contribution in [0.25, 0.3) is 0 Å². The lowest BCUT2D eigenvalue weighted by Gasteiger charge is -2.36. The molecule has 1 fully saturated rings. The Hall–Kier alpha value is -2.82. The minimum absolute atomic E-state index is 0.0651. The van der Waals surface area contributed by atoms with Crippen LogP contribution in [0, 0.1) is 0 Å². The number of benzene rings is 1. The number of esters is 1. The monoisotopic (exact) mass is 500 g/mol. The standard InChI is InChI=1S/C25H32N4O5S/c1-4-20-22(24(31)33-3)23(17-5-7-19(32-2)8-6-17)29-18(16-35-25(29)27-20)15-21(30)26-9-10-28-11-13-34-14-12-28/h5-8,16,23H,4,9-15H2,1-3H3,(H,26,30)/t23-/m0/s1. The van der Waals surface area contributed by atoms with Crippen molar-refractivity contribution in [3.63, 3.8) is 0 Å². The van der Waals surface area contributed by atoms with E-state index in [0.29, 0.717) is 24.2 Å². The zero-order valence-corrected chi connectivity index (χ0v) is 21.2. The van der Waals surface area contributed by atoms with Gasteiger partial charge in [0.25, 0.3) is 0 Å². The molecule has 0 saturated carbocycles. The van der Waals surface area contributed by atoms with E-state index in [4.69, 9.17) is 19.2 Å². The number of allylic oxidation sites excluding steroid dienone is 1. The molecule has 1 aromatic rings. The number of thioether (sulfide) groups is 1. The first kappa shape index (κ1) is 25.3. The van der Waals surface area contributed by atoms with Crippen molar-refractivity contribution in [1.29, 1.82) is 0 Å². The van der Waals surface area contributed by atoms with Gasteiger partial charge in [-0.05, 0) is 29.5 Å². The molecule has 1 atom stereocenters. The molecule has 188 valence electrons. The number of aliphatic imine (C=N–C) groups is 1. The van der Waals surface area contributed by atoms with Crippen LogP contribution in [0.5, 0.6) is 5.75 Å². The summed E-state index contributed by atoms with van der Waals surface area (Å²) >= 11 is 1.47. The summed E-state index contributed by atoms with van der Waals surface area (Å²) in [5, 5.41) is 5.73. The molecule has 1 aromatic carbocycles. The number of ether oxygens (including phenoxy) is 3. The topological polar surface area (TPSA) is 92.7 Å². The Morgan fingerprint density at radius 3 is 2.60 bits per heavy atom. The predicted molar refractivity (Wildman–Crippen MR) is 135 cm³/mol. The van der Waals surface area contributed by atoms with Crippen LogP contribution < -0.4 is 10.1 Å². The Bertz CT molecular complexity index is 1030. The number of fused-ring (bicyclic) bond motifs is 1. The van der Waals surface area contributed by atoms with Crippen LogP contribution in [0.3, 0.4) is 0 Å². The first-order valence-electron chi connectivity index (χ1n) is 11.8. The number of hydrogen-bond donors (Lipinski definition) is 1. The lowest BCUT2D eigenvalue weighted by atomic mass is 9.93. The third-order valence-corrected chi connectivity index (χ3v) is 7.15. The summed E-state index contributed by atoms with van der Waals surface area (Å²) in [6.07, 6.45) is 0.782. The third-order valence-electron chi connectivity index (χ3n) is 6.26. The second-order valence-corrected chi connectivity index (χ2v) is 9.19. The summed E-state index contributed by atoms with van der Waals surface area (Å²) in [4.78, 5) is 34.8. The molecule has 0 unspecified atom stereocenters. The molecule has 1 saturated heterocycles. The van der Waals surface area contributed by atoms with Gasteiger partial charge in [-0.15, -0.1) is 0 Å². The van der Waals surface area contributed by atoms with E-state index in [0.717, 1.165) is 55.0 Å². The molecule has 0 bridgehead atoms. The van der Waals surface area contributed by atoms with Gasteiger partial charge in [0.2, 0.25) is 5.91 Å². The number of carbonyl (C=O) groups is 2. The van der Waals surface area contributed by atoms with Gasteiger partial charge in [0.1, 0.15) is 5.75 Å². The van der Waals surface area contributed by atoms with Crippen LogP contribution in [0.4, 0.5) is 0 Å². The predicted octanol–water partition coefficient (Wildman–Crippen LogP) is 2.67. The highest BCUT2D eigenvalue weighted by atomic mass is 32.2. The van der Waals surface area contributed by atoms with E-state index in [1.54, 1.807) is 7.11 Å². The molecule has 1 amide bonds. The molecule has 1 N–H and O–H groups in total. The third kappa shape index (κ3) is 5.71. The van der Waals surface area contributed by atoms with Gasteiger partial charge in [0, 0.05) is 31.9 Å². The van der Waals surface area contributed by atoms with Gasteiger partial charge >= 0.3 is 5.97 Å². The maximum Gasteiger partial charge on any atom is 0.338 e. The second kappa shape index (κ2) is 11.7. The van der Waals surface area contributed by atoms with Crippen LogP contribution in [-0.4, -0.2) is 80.5 Å². The molecule has 3 heterocycles. The summed E-state index contributed by atoms with van der Waals surface area (Å²) in [7, 11) is 3.00. The van der Waals surface area contributed by atoms with E-state index >= 15 is 0 Å². The zero-order valence-electron chi connectivity index (χ0n) is 20.4. The Kier molecular flexibility index (Phi) is 8.48. The molecule has 4 rings (SSSR count). The van der Waals surface area contributed by atoms with Gasteiger partial charge in [-0.1, -0.05) is 30.8 Å². The van der Waals surface area contributed by atoms with Crippen LogP contribution in [-0.2, 0) is 19.1 Å². The normalized spacial score (nSPS) is 20.2. The van der Waals surface area contributed by atoms with Crippen LogP contribution in [0.2, 0.25) is 0 Å². The Morgan fingerprint density at radius 1 is 1.20 bits per heavy atom. The van der Waals surface area contributed by atoms with E-state index in [-0.39, 0.29) is 12.3 Å². The first-order valence-corrected chi connectivity index (χ1v) is 12.7. The smallest absolute Gasteiger partial charge is 0.338 e. The quantitative estimate of drug-likeness (QED) is 0.518. The molecular weight excluding hydrogens is 468 g/mol. The SMILES string of the molecule is CCC1=C(C(=O)OC)[C@H](c2ccc(OC)cc2)N2C(CC(=O)NCCN3CCOCC3)=CSC2=N1. The van der Waals surface area contributed by atoms with Crippen molar-refractivity contribution in [3.8, 4) is 5.75 Å². The number of hydrogen-bond acceptors (Lipinski definition) is 9. The molecule has 10 heteroatoms. The maximum atomic E-state index is 12.9. The average Bonchev–Trinajstić information content (AvgIpc) is 3.29. The summed E-state index contributed by atoms with van der Waals surface area (Å²) in [5.41, 5.74) is 2.88. The van der Waals surface area contributed by atoms with Crippen LogP contribution in [0.1, 0.15) is 31.4 Å². The summed E-state index contributed by atoms with van der Waals surface area (Å²) in [6, 6.07) is 7.16. The molecule has 3 aliphatic heterocycles. The van der Waals surface area contributed by atoms with Crippen molar-refractivity contribution in [3.05, 3.63) is 52.2 Å². The van der Waals surface area contributed by atoms with E-state index in [9.17, 15) is 9.59 Å². The fourth-order valence-corrected chi connectivity index (χ4v) is 5.36. The lowest BCUT2D eigenvalue weighted by Crippen LogP contribution is -2.42. The van der Waals surface area contributed by atoms with Crippen molar-refractivity contribution in [2.75, 3.05) is 53.6 Å². The van der Waals surface area contributed by atoms with Gasteiger partial charge in [-0.3, -0.25) is 9.69 Å². The van der Waals surface area contributed by atoms with E-state index in [1.807, 2.05) is 41.5 Å². The molecule has 35 heavy (non-hydrogen) atoms. The summed E-state index contributed by atoms with van der Waals surface area (Å²) in [6.45, 7) is 6.58. The molecule has 0 aliphatic carbocycles. The fourth-order valence-electron chi connectivity index (χ4n) is 4.42. The second-order valence-electron chi connectivity index (χ2n) is 8.35. The number of morpholine rings is 1. The largest absolute Gasteiger partial charge is 0.497 e. The molecule has 9 nitrogen and oxygen atoms in total. The first-order chi connectivity index (χ1) is 17.0. The van der Waals surface area contributed by atoms with Crippen molar-refractivity contribution in [1.82, 2.24) is 15.1 Å². The number of nitrogens with zero attached hydrogens (tertiary/aromatic N) is 3. The maximum absolute atomic E-state index is 12.9. The highest BCUT2D eigenvalue weighted by molar-refractivity contribution is 8.16. The van der Waals surface area contributed by atoms with Crippen LogP contribution >= 0.6 is 11.8 Å². The number of rotatable bonds is 9. The Balaban J connectivity index is 1.54. The lowest BCUT2D eigenvalue weighted by molar-refractivity contribution is -0.136. The average molecular weight is 501 g/mol. The number of carbonyl (C=O) groups excluding carboxylic acids is 2. The van der Waals surface area contributed by atoms with Gasteiger partial charge in [0.15, 0.2) is 5.17 Å². The van der Waals surface area contributed by atoms with Gasteiger partial charge in [-0.2, -0.15) is 0 Å². The van der Waals surface area contributed by atoms with Gasteiger partial charge in [-0.25, -0.2) is 9.79 Å². The fraction of sp³-hybridized carbons (Fsp3) is 0.480. The van der Waals surface area contributed by atoms with E-state index in [2.05, 4.69) is 10.2 Å². The summed E-state index contributed by atoms with van der Waals surface area (Å²) < 4.78 is 15.8. The summed E-state index contributed by atoms with van der Waals surface area (Å²) in [5.74, 6) is 0.241. The molecule has 0 radical (unpaired) electrons. The number of nitrogens with one attached hydrogen (secondary N) is 1. The van der Waals surface area contributed by atoms with Gasteiger partial charge < -0.3 is 24.4 Å². The highest BCUT2D eigenvalue weighted by Crippen LogP contribution is 2.45. The molecule has 0 aromatic heterocycles. The minimum Gasteiger partial charge on any atom is -0.497 e. The van der Waals surface area contributed by atoms with Crippen molar-refractivity contribution < 1.29 is 23.8 Å². The minimum atomic E-state index is -0.446. The molecule has 3 aliphatic rings. The van der Waals surface area contributed by atoms with Gasteiger partial charge in [0.05, 0.1) is 51.2 Å². The van der Waals surface area contributed by atoms with Crippen molar-refractivity contribution in [2.24, 2.45) is 4.99 Å². The number of amides is 1. The Labute approximate surface area is 210 Å². The van der Waals surface area contributed by atoms with E-state index < -0.39 is 12.0 Å². The highest BCUT2D eigenvalue weighted by Gasteiger charge is 2.41. The zero-order chi connectivity index (χ0) is 24.8. The van der Waals surface area contributed by atoms with Crippen LogP contribution in [0.15, 0.2) is 51.6 Å².